The second kappa shape index (κ2) is 16.4. The van der Waals surface area contributed by atoms with Gasteiger partial charge in [-0.1, -0.05) is 60.7 Å². The third kappa shape index (κ3) is 10.5. The average Bonchev–Trinajstić information content (AvgIpc) is 3.61. The van der Waals surface area contributed by atoms with Gasteiger partial charge in [0.15, 0.2) is 5.82 Å². The number of benzene rings is 2. The Morgan fingerprint density at radius 3 is 2.16 bits per heavy atom. The zero-order chi connectivity index (χ0) is 34.8. The highest BCUT2D eigenvalue weighted by molar-refractivity contribution is 5.97. The number of carbonyl (C=O) groups excluding carboxylic acids is 4. The van der Waals surface area contributed by atoms with Gasteiger partial charge in [0.25, 0.3) is 5.91 Å². The van der Waals surface area contributed by atoms with Gasteiger partial charge < -0.3 is 29.3 Å². The molecule has 1 saturated carbocycles. The van der Waals surface area contributed by atoms with Gasteiger partial charge in [-0.3, -0.25) is 14.4 Å². The molecule has 1 aliphatic heterocycles. The fourth-order valence-electron chi connectivity index (χ4n) is 5.78. The molecule has 2 aromatic carbocycles. The summed E-state index contributed by atoms with van der Waals surface area (Å²) >= 11 is 0. The van der Waals surface area contributed by atoms with Crippen molar-refractivity contribution < 1.29 is 33.4 Å². The van der Waals surface area contributed by atoms with Crippen LogP contribution in [-0.4, -0.2) is 87.6 Å². The molecule has 3 aromatic rings. The third-order valence-electron chi connectivity index (χ3n) is 8.27. The Balaban J connectivity index is 1.29. The minimum absolute atomic E-state index is 0.00637. The van der Waals surface area contributed by atoms with Crippen LogP contribution in [0.5, 0.6) is 5.88 Å². The van der Waals surface area contributed by atoms with Crippen molar-refractivity contribution >= 4 is 23.9 Å². The highest BCUT2D eigenvalue weighted by atomic mass is 16.6. The first-order valence-corrected chi connectivity index (χ1v) is 16.9. The van der Waals surface area contributed by atoms with Crippen LogP contribution in [-0.2, 0) is 25.7 Å². The Morgan fingerprint density at radius 1 is 0.878 bits per heavy atom. The minimum atomic E-state index is -1.05. The van der Waals surface area contributed by atoms with Crippen molar-refractivity contribution in [3.63, 3.8) is 0 Å². The van der Waals surface area contributed by atoms with Crippen LogP contribution in [0.3, 0.4) is 0 Å². The minimum Gasteiger partial charge on any atom is -0.474 e. The van der Waals surface area contributed by atoms with Gasteiger partial charge in [-0.25, -0.2) is 9.78 Å². The number of aromatic nitrogens is 2. The topological polar surface area (TPSA) is 140 Å². The van der Waals surface area contributed by atoms with Gasteiger partial charge in [0, 0.05) is 44.2 Å². The predicted octanol–water partition coefficient (Wildman–Crippen LogP) is 5.17. The molecule has 1 atom stereocenters. The van der Waals surface area contributed by atoms with Crippen LogP contribution in [0.15, 0.2) is 66.7 Å². The number of nitrogens with zero attached hydrogens (tertiary/aromatic N) is 4. The maximum Gasteiger partial charge on any atom is 0.410 e. The molecule has 2 aliphatic rings. The van der Waals surface area contributed by atoms with Crippen LogP contribution >= 0.6 is 0 Å². The molecule has 0 spiro atoms. The van der Waals surface area contributed by atoms with E-state index < -0.39 is 29.6 Å². The number of piperazine rings is 1. The Hall–Kier alpha value is -5.00. The fourth-order valence-corrected chi connectivity index (χ4v) is 5.78. The number of carbonyl (C=O) groups is 4. The Bertz CT molecular complexity index is 1580. The second-order valence-electron chi connectivity index (χ2n) is 13.3. The maximum atomic E-state index is 13.9. The molecule has 1 N–H and O–H groups in total. The van der Waals surface area contributed by atoms with E-state index in [1.54, 1.807) is 30.6 Å². The molecule has 0 bridgehead atoms. The zero-order valence-corrected chi connectivity index (χ0v) is 28.4. The first kappa shape index (κ1) is 35.3. The predicted molar refractivity (Wildman–Crippen MR) is 181 cm³/mol. The van der Waals surface area contributed by atoms with E-state index >= 15 is 0 Å². The third-order valence-corrected chi connectivity index (χ3v) is 8.27. The van der Waals surface area contributed by atoms with E-state index in [4.69, 9.17) is 14.2 Å². The molecule has 5 rings (SSSR count). The molecule has 0 radical (unpaired) electrons. The molecule has 3 amide bonds. The first-order valence-electron chi connectivity index (χ1n) is 16.9. The van der Waals surface area contributed by atoms with E-state index in [2.05, 4.69) is 15.3 Å². The average molecular weight is 672 g/mol. The van der Waals surface area contributed by atoms with Crippen molar-refractivity contribution in [2.75, 3.05) is 26.2 Å². The Labute approximate surface area is 287 Å². The molecule has 1 unspecified atom stereocenters. The standard InChI is InChI=1S/C37H45N5O7/c1-37(2,3)49-32(43)19-18-29(35(45)41-20-22-42(23-21-41)36(46)47-25-26-12-6-4-7-13-26)39-34(44)30-24-31(48-28-16-10-11-17-28)40-33(38-30)27-14-8-5-9-15-27/h4-9,12-15,24,28-29H,10-11,16-23,25H2,1-3H3,(H,39,44). The van der Waals surface area contributed by atoms with E-state index in [9.17, 15) is 19.2 Å². The SMILES string of the molecule is CC(C)(C)OC(=O)CCC(NC(=O)c1cc(OC2CCCC2)nc(-c2ccccc2)n1)C(=O)N1CCN(C(=O)OCc2ccccc2)CC1. The number of esters is 1. The molecule has 2 heterocycles. The number of hydrogen-bond donors (Lipinski definition) is 1. The van der Waals surface area contributed by atoms with Crippen LogP contribution in [0, 0.1) is 0 Å². The van der Waals surface area contributed by atoms with Gasteiger partial charge in [-0.15, -0.1) is 0 Å². The van der Waals surface area contributed by atoms with Crippen LogP contribution in [0.2, 0.25) is 0 Å². The summed E-state index contributed by atoms with van der Waals surface area (Å²) in [7, 11) is 0. The van der Waals surface area contributed by atoms with Crippen LogP contribution < -0.4 is 10.1 Å². The zero-order valence-electron chi connectivity index (χ0n) is 28.4. The van der Waals surface area contributed by atoms with Gasteiger partial charge in [0.2, 0.25) is 11.8 Å². The number of nitrogens with one attached hydrogen (secondary N) is 1. The van der Waals surface area contributed by atoms with E-state index in [1.165, 1.54) is 6.07 Å². The maximum absolute atomic E-state index is 13.9. The van der Waals surface area contributed by atoms with Crippen molar-refractivity contribution in [3.05, 3.63) is 78.0 Å². The van der Waals surface area contributed by atoms with Crippen molar-refractivity contribution in [3.8, 4) is 17.3 Å². The lowest BCUT2D eigenvalue weighted by atomic mass is 10.1. The summed E-state index contributed by atoms with van der Waals surface area (Å²) in [5, 5.41) is 2.83. The highest BCUT2D eigenvalue weighted by Gasteiger charge is 2.32. The Morgan fingerprint density at radius 2 is 1.51 bits per heavy atom. The lowest BCUT2D eigenvalue weighted by Gasteiger charge is -2.36. The molecular formula is C37H45N5O7. The summed E-state index contributed by atoms with van der Waals surface area (Å²) < 4.78 is 17.1. The summed E-state index contributed by atoms with van der Waals surface area (Å²) in [6.07, 6.45) is 3.43. The Kier molecular flexibility index (Phi) is 11.8. The fraction of sp³-hybridized carbons (Fsp3) is 0.459. The quantitative estimate of drug-likeness (QED) is 0.274. The highest BCUT2D eigenvalue weighted by Crippen LogP contribution is 2.26. The van der Waals surface area contributed by atoms with Gasteiger partial charge >= 0.3 is 12.1 Å². The van der Waals surface area contributed by atoms with Gasteiger partial charge in [-0.05, 0) is 58.4 Å². The molecular weight excluding hydrogens is 626 g/mol. The van der Waals surface area contributed by atoms with Crippen LogP contribution in [0.1, 0.15) is 75.3 Å². The summed E-state index contributed by atoms with van der Waals surface area (Å²) in [4.78, 5) is 65.3. The normalized spacial score (nSPS) is 15.7. The summed E-state index contributed by atoms with van der Waals surface area (Å²) in [5.74, 6) is -0.826. The van der Waals surface area contributed by atoms with Crippen molar-refractivity contribution in [1.29, 1.82) is 0 Å². The lowest BCUT2D eigenvalue weighted by Crippen LogP contribution is -2.56. The first-order chi connectivity index (χ1) is 23.5. The number of rotatable bonds is 11. The molecule has 1 saturated heterocycles. The number of amides is 3. The van der Waals surface area contributed by atoms with Crippen molar-refractivity contribution in [2.45, 2.75) is 83.6 Å². The van der Waals surface area contributed by atoms with Crippen molar-refractivity contribution in [1.82, 2.24) is 25.1 Å². The second-order valence-corrected chi connectivity index (χ2v) is 13.3. The van der Waals surface area contributed by atoms with E-state index in [-0.39, 0.29) is 69.2 Å². The number of hydrogen-bond acceptors (Lipinski definition) is 9. The molecule has 2 fully saturated rings. The van der Waals surface area contributed by atoms with Gasteiger partial charge in [0.1, 0.15) is 30.0 Å². The summed E-state index contributed by atoms with van der Waals surface area (Å²) in [5.41, 5.74) is 0.939. The van der Waals surface area contributed by atoms with Gasteiger partial charge in [-0.2, -0.15) is 4.98 Å². The molecule has 1 aromatic heterocycles. The smallest absolute Gasteiger partial charge is 0.410 e. The molecule has 12 nitrogen and oxygen atoms in total. The lowest BCUT2D eigenvalue weighted by molar-refractivity contribution is -0.155. The van der Waals surface area contributed by atoms with Crippen molar-refractivity contribution in [2.24, 2.45) is 0 Å². The largest absolute Gasteiger partial charge is 0.474 e. The molecule has 260 valence electrons. The summed E-state index contributed by atoms with van der Waals surface area (Å²) in [6, 6.07) is 19.1. The van der Waals surface area contributed by atoms with E-state index in [0.717, 1.165) is 31.2 Å². The van der Waals surface area contributed by atoms with E-state index in [0.29, 0.717) is 11.4 Å². The molecule has 1 aliphatic carbocycles. The van der Waals surface area contributed by atoms with E-state index in [1.807, 2.05) is 60.7 Å². The van der Waals surface area contributed by atoms with Crippen LogP contribution in [0.4, 0.5) is 4.79 Å². The summed E-state index contributed by atoms with van der Waals surface area (Å²) in [6.45, 7) is 6.46. The monoisotopic (exact) mass is 671 g/mol. The van der Waals surface area contributed by atoms with Crippen LogP contribution in [0.25, 0.3) is 11.4 Å². The molecule has 49 heavy (non-hydrogen) atoms. The number of ether oxygens (including phenoxy) is 3. The van der Waals surface area contributed by atoms with Gasteiger partial charge in [0.05, 0.1) is 0 Å². The molecule has 12 heteroatoms.